The molecule has 1 aromatic carbocycles. The summed E-state index contributed by atoms with van der Waals surface area (Å²) in [6, 6.07) is 8.35. The topological polar surface area (TPSA) is 72.6 Å². The molecule has 150 valence electrons. The number of fused-ring (bicyclic) bond motifs is 1. The van der Waals surface area contributed by atoms with Crippen molar-refractivity contribution >= 4 is 11.6 Å². The van der Waals surface area contributed by atoms with E-state index in [0.717, 1.165) is 30.0 Å². The molecule has 2 fully saturated rings. The molecule has 3 aromatic rings. The van der Waals surface area contributed by atoms with Crippen LogP contribution < -0.4 is 4.74 Å². The maximum atomic E-state index is 13.9. The van der Waals surface area contributed by atoms with E-state index in [0.29, 0.717) is 24.6 Å². The predicted molar refractivity (Wildman–Crippen MR) is 104 cm³/mol. The van der Waals surface area contributed by atoms with Crippen LogP contribution in [0, 0.1) is 5.82 Å². The van der Waals surface area contributed by atoms with Gasteiger partial charge in [0.25, 0.3) is 5.91 Å². The van der Waals surface area contributed by atoms with Crippen molar-refractivity contribution in [2.75, 3.05) is 20.2 Å². The highest BCUT2D eigenvalue weighted by molar-refractivity contribution is 5.94. The second-order valence-corrected chi connectivity index (χ2v) is 7.78. The van der Waals surface area contributed by atoms with Gasteiger partial charge in [0.15, 0.2) is 23.0 Å². The maximum Gasteiger partial charge on any atom is 0.253 e. The molecular formula is C21H22FN5O2. The van der Waals surface area contributed by atoms with Gasteiger partial charge in [-0.05, 0) is 56.0 Å². The molecule has 1 aliphatic heterocycles. The lowest BCUT2D eigenvalue weighted by Crippen LogP contribution is -2.38. The Kier molecular flexibility index (Phi) is 4.41. The van der Waals surface area contributed by atoms with Gasteiger partial charge < -0.3 is 9.64 Å². The van der Waals surface area contributed by atoms with E-state index in [4.69, 9.17) is 9.84 Å². The second kappa shape index (κ2) is 7.09. The summed E-state index contributed by atoms with van der Waals surface area (Å²) in [5, 5.41) is 13.4. The van der Waals surface area contributed by atoms with Gasteiger partial charge >= 0.3 is 0 Å². The number of aromatic nitrogens is 4. The minimum atomic E-state index is -0.527. The number of carbonyl (C=O) groups is 1. The summed E-state index contributed by atoms with van der Waals surface area (Å²) in [7, 11) is 1.40. The average Bonchev–Trinajstić information content (AvgIpc) is 3.52. The third kappa shape index (κ3) is 3.32. The Bertz CT molecular complexity index is 1070. The van der Waals surface area contributed by atoms with Gasteiger partial charge in [-0.3, -0.25) is 4.79 Å². The molecule has 1 aliphatic carbocycles. The van der Waals surface area contributed by atoms with Gasteiger partial charge in [-0.25, -0.2) is 4.39 Å². The molecule has 3 heterocycles. The van der Waals surface area contributed by atoms with E-state index in [1.807, 2.05) is 16.6 Å². The van der Waals surface area contributed by atoms with Crippen molar-refractivity contribution in [1.82, 2.24) is 24.7 Å². The Morgan fingerprint density at radius 2 is 1.86 bits per heavy atom. The summed E-state index contributed by atoms with van der Waals surface area (Å²) in [4.78, 5) is 14.5. The van der Waals surface area contributed by atoms with Crippen LogP contribution in [0.25, 0.3) is 5.65 Å². The van der Waals surface area contributed by atoms with Gasteiger partial charge in [-0.15, -0.1) is 10.2 Å². The van der Waals surface area contributed by atoms with Crippen molar-refractivity contribution in [2.45, 2.75) is 37.5 Å². The highest BCUT2D eigenvalue weighted by Gasteiger charge is 2.30. The molecule has 0 N–H and O–H groups in total. The largest absolute Gasteiger partial charge is 0.494 e. The number of carbonyl (C=O) groups excluding carboxylic acids is 1. The van der Waals surface area contributed by atoms with E-state index in [1.165, 1.54) is 32.1 Å². The third-order valence-corrected chi connectivity index (χ3v) is 5.85. The molecule has 0 bridgehead atoms. The summed E-state index contributed by atoms with van der Waals surface area (Å²) >= 11 is 0. The number of amides is 1. The molecule has 0 atom stereocenters. The zero-order valence-corrected chi connectivity index (χ0v) is 16.2. The van der Waals surface area contributed by atoms with Gasteiger partial charge in [-0.2, -0.15) is 9.61 Å². The molecule has 0 unspecified atom stereocenters. The van der Waals surface area contributed by atoms with Crippen LogP contribution in [0.4, 0.5) is 4.39 Å². The number of ether oxygens (including phenoxy) is 1. The number of rotatable bonds is 4. The van der Waals surface area contributed by atoms with E-state index in [-0.39, 0.29) is 17.6 Å². The molecule has 1 amide bonds. The van der Waals surface area contributed by atoms with Gasteiger partial charge in [0.05, 0.1) is 12.8 Å². The first-order chi connectivity index (χ1) is 14.1. The van der Waals surface area contributed by atoms with Crippen LogP contribution in [-0.2, 0) is 0 Å². The van der Waals surface area contributed by atoms with Gasteiger partial charge in [0, 0.05) is 30.5 Å². The van der Waals surface area contributed by atoms with Gasteiger partial charge in [-0.1, -0.05) is 0 Å². The minimum absolute atomic E-state index is 0.136. The third-order valence-electron chi connectivity index (χ3n) is 5.85. The van der Waals surface area contributed by atoms with Crippen LogP contribution in [0.3, 0.4) is 0 Å². The first-order valence-electron chi connectivity index (χ1n) is 9.99. The maximum absolute atomic E-state index is 13.9. The van der Waals surface area contributed by atoms with Crippen LogP contribution in [0.5, 0.6) is 5.75 Å². The Balaban J connectivity index is 1.30. The van der Waals surface area contributed by atoms with Crippen molar-refractivity contribution in [3.63, 3.8) is 0 Å². The van der Waals surface area contributed by atoms with E-state index in [2.05, 4.69) is 10.2 Å². The lowest BCUT2D eigenvalue weighted by atomic mass is 9.95. The Hall–Kier alpha value is -3.03. The first kappa shape index (κ1) is 18.0. The average molecular weight is 395 g/mol. The van der Waals surface area contributed by atoms with Gasteiger partial charge in [0.1, 0.15) is 0 Å². The van der Waals surface area contributed by atoms with E-state index < -0.39 is 5.82 Å². The standard InChI is InChI=1S/C21H22FN5O2/c1-29-18-6-4-15(12-16(18)22)21(28)26-10-8-14(9-11-26)20-24-23-19-7-5-17(13-2-3-13)25-27(19)20/h4-7,12-14H,2-3,8-11H2,1H3. The SMILES string of the molecule is COc1ccc(C(=O)N2CCC(c3nnc4ccc(C5CC5)nn34)CC2)cc1F. The zero-order valence-electron chi connectivity index (χ0n) is 16.2. The van der Waals surface area contributed by atoms with E-state index in [1.54, 1.807) is 11.0 Å². The van der Waals surface area contributed by atoms with Gasteiger partial charge in [0.2, 0.25) is 0 Å². The van der Waals surface area contributed by atoms with E-state index >= 15 is 0 Å². The minimum Gasteiger partial charge on any atom is -0.494 e. The van der Waals surface area contributed by atoms with Crippen molar-refractivity contribution in [3.05, 3.63) is 53.2 Å². The molecule has 29 heavy (non-hydrogen) atoms. The van der Waals surface area contributed by atoms with Crippen molar-refractivity contribution in [3.8, 4) is 5.75 Å². The number of piperidine rings is 1. The number of likely N-dealkylation sites (tertiary alicyclic amines) is 1. The van der Waals surface area contributed by atoms with Crippen LogP contribution in [0.15, 0.2) is 30.3 Å². The van der Waals surface area contributed by atoms with Crippen LogP contribution >= 0.6 is 0 Å². The van der Waals surface area contributed by atoms with Crippen LogP contribution in [0.2, 0.25) is 0 Å². The molecule has 1 saturated carbocycles. The molecular weight excluding hydrogens is 373 g/mol. The molecule has 0 radical (unpaired) electrons. The summed E-state index contributed by atoms with van der Waals surface area (Å²) in [5.74, 6) is 1.08. The fourth-order valence-corrected chi connectivity index (χ4v) is 3.99. The smallest absolute Gasteiger partial charge is 0.253 e. The molecule has 7 nitrogen and oxygen atoms in total. The second-order valence-electron chi connectivity index (χ2n) is 7.78. The molecule has 2 aliphatic rings. The Morgan fingerprint density at radius 3 is 2.55 bits per heavy atom. The summed E-state index contributed by atoms with van der Waals surface area (Å²) in [6.07, 6.45) is 3.95. The normalized spacial score (nSPS) is 17.7. The number of hydrogen-bond donors (Lipinski definition) is 0. The number of halogens is 1. The molecule has 0 spiro atoms. The number of benzene rings is 1. The number of methoxy groups -OCH3 is 1. The van der Waals surface area contributed by atoms with Crippen LogP contribution in [0.1, 0.15) is 59.4 Å². The monoisotopic (exact) mass is 395 g/mol. The summed E-state index contributed by atoms with van der Waals surface area (Å²) in [5.41, 5.74) is 2.20. The zero-order chi connectivity index (χ0) is 20.0. The van der Waals surface area contributed by atoms with Crippen molar-refractivity contribution in [1.29, 1.82) is 0 Å². The lowest BCUT2D eigenvalue weighted by Gasteiger charge is -2.31. The molecule has 5 rings (SSSR count). The molecule has 2 aromatic heterocycles. The van der Waals surface area contributed by atoms with Crippen molar-refractivity contribution in [2.24, 2.45) is 0 Å². The van der Waals surface area contributed by atoms with Crippen LogP contribution in [-0.4, -0.2) is 50.8 Å². The lowest BCUT2D eigenvalue weighted by molar-refractivity contribution is 0.0710. The summed E-state index contributed by atoms with van der Waals surface area (Å²) < 4.78 is 20.7. The van der Waals surface area contributed by atoms with Crippen molar-refractivity contribution < 1.29 is 13.9 Å². The fourth-order valence-electron chi connectivity index (χ4n) is 3.99. The quantitative estimate of drug-likeness (QED) is 0.679. The highest BCUT2D eigenvalue weighted by atomic mass is 19.1. The Morgan fingerprint density at radius 1 is 1.07 bits per heavy atom. The number of nitrogens with zero attached hydrogens (tertiary/aromatic N) is 5. The van der Waals surface area contributed by atoms with E-state index in [9.17, 15) is 9.18 Å². The fraction of sp³-hybridized carbons (Fsp3) is 0.429. The predicted octanol–water partition coefficient (Wildman–Crippen LogP) is 3.17. The molecule has 1 saturated heterocycles. The first-order valence-corrected chi connectivity index (χ1v) is 9.99. The number of hydrogen-bond acceptors (Lipinski definition) is 5. The highest BCUT2D eigenvalue weighted by Crippen LogP contribution is 2.39. The molecule has 8 heteroatoms. The Labute approximate surface area is 167 Å². The summed E-state index contributed by atoms with van der Waals surface area (Å²) in [6.45, 7) is 1.18.